The number of benzene rings is 1. The number of phenols is 1. The van der Waals surface area contributed by atoms with E-state index < -0.39 is 0 Å². The number of carbonyl (C=O) groups excluding carboxylic acids is 1. The molecule has 2 atom stereocenters. The zero-order valence-electron chi connectivity index (χ0n) is 14.0. The highest BCUT2D eigenvalue weighted by atomic mass is 16.3. The Bertz CT molecular complexity index is 540. The van der Waals surface area contributed by atoms with Gasteiger partial charge in [0.15, 0.2) is 0 Å². The highest BCUT2D eigenvalue weighted by Crippen LogP contribution is 2.30. The largest absolute Gasteiger partial charge is 0.508 e. The first kappa shape index (κ1) is 16.3. The van der Waals surface area contributed by atoms with Gasteiger partial charge in [-0.2, -0.15) is 0 Å². The number of para-hydroxylation sites is 1. The molecule has 4 nitrogen and oxygen atoms in total. The van der Waals surface area contributed by atoms with Gasteiger partial charge in [0.25, 0.3) is 0 Å². The van der Waals surface area contributed by atoms with Crippen LogP contribution in [0.1, 0.15) is 57.1 Å². The summed E-state index contributed by atoms with van der Waals surface area (Å²) < 4.78 is 0. The fourth-order valence-electron chi connectivity index (χ4n) is 4.02. The predicted molar refractivity (Wildman–Crippen MR) is 91.2 cm³/mol. The van der Waals surface area contributed by atoms with Gasteiger partial charge in [0.05, 0.1) is 0 Å². The second kappa shape index (κ2) is 7.35. The van der Waals surface area contributed by atoms with E-state index in [1.807, 2.05) is 23.1 Å². The number of nitrogens with zero attached hydrogens (tertiary/aromatic N) is 1. The maximum Gasteiger partial charge on any atom is 0.225 e. The molecular weight excluding hydrogens is 288 g/mol. The number of phenolic OH excluding ortho intramolecular Hbond substituents is 1. The number of hydrogen-bond acceptors (Lipinski definition) is 3. The summed E-state index contributed by atoms with van der Waals surface area (Å²) in [5.41, 5.74) is 0.954. The molecule has 126 valence electrons. The zero-order valence-corrected chi connectivity index (χ0v) is 14.0. The van der Waals surface area contributed by atoms with Crippen LogP contribution < -0.4 is 5.32 Å². The monoisotopic (exact) mass is 316 g/mol. The highest BCUT2D eigenvalue weighted by molar-refractivity contribution is 5.79. The van der Waals surface area contributed by atoms with E-state index in [4.69, 9.17) is 0 Å². The molecule has 2 fully saturated rings. The summed E-state index contributed by atoms with van der Waals surface area (Å²) in [5, 5.41) is 13.7. The van der Waals surface area contributed by atoms with E-state index in [0.29, 0.717) is 17.7 Å². The Kier molecular flexibility index (Phi) is 5.21. The summed E-state index contributed by atoms with van der Waals surface area (Å²) in [4.78, 5) is 14.6. The first-order valence-electron chi connectivity index (χ1n) is 9.01. The van der Waals surface area contributed by atoms with Crippen molar-refractivity contribution in [3.05, 3.63) is 29.8 Å². The third-order valence-electron chi connectivity index (χ3n) is 5.36. The van der Waals surface area contributed by atoms with Crippen molar-refractivity contribution < 1.29 is 9.90 Å². The molecule has 3 rings (SSSR count). The third kappa shape index (κ3) is 3.69. The Balaban J connectivity index is 1.58. The van der Waals surface area contributed by atoms with Gasteiger partial charge in [-0.3, -0.25) is 4.79 Å². The number of carbonyl (C=O) groups is 1. The van der Waals surface area contributed by atoms with Crippen molar-refractivity contribution in [2.45, 2.75) is 57.5 Å². The summed E-state index contributed by atoms with van der Waals surface area (Å²) in [6.07, 6.45) is 6.48. The van der Waals surface area contributed by atoms with Gasteiger partial charge in [0.2, 0.25) is 5.91 Å². The SMILES string of the molecule is CC[C@H](N[C@H]1CCN(C(=O)C2CCCC2)C1)c1ccccc1O. The molecule has 4 heteroatoms. The van der Waals surface area contributed by atoms with Crippen LogP contribution in [0, 0.1) is 5.92 Å². The van der Waals surface area contributed by atoms with E-state index in [9.17, 15) is 9.90 Å². The fraction of sp³-hybridized carbons (Fsp3) is 0.632. The summed E-state index contributed by atoms with van der Waals surface area (Å²) in [7, 11) is 0. The lowest BCUT2D eigenvalue weighted by Crippen LogP contribution is -2.38. The molecule has 0 spiro atoms. The standard InChI is InChI=1S/C19H28N2O2/c1-2-17(16-9-5-6-10-18(16)22)20-15-11-12-21(13-15)19(23)14-7-3-4-8-14/h5-6,9-10,14-15,17,20,22H,2-4,7-8,11-13H2,1H3/t15-,17-/m0/s1. The van der Waals surface area contributed by atoms with Crippen molar-refractivity contribution in [2.75, 3.05) is 13.1 Å². The van der Waals surface area contributed by atoms with Crippen LogP contribution in [0.4, 0.5) is 0 Å². The van der Waals surface area contributed by atoms with Crippen molar-refractivity contribution in [1.82, 2.24) is 10.2 Å². The minimum absolute atomic E-state index is 0.141. The van der Waals surface area contributed by atoms with Crippen molar-refractivity contribution in [2.24, 2.45) is 5.92 Å². The van der Waals surface area contributed by atoms with Gasteiger partial charge in [-0.1, -0.05) is 38.0 Å². The second-order valence-electron chi connectivity index (χ2n) is 6.94. The van der Waals surface area contributed by atoms with Gasteiger partial charge in [0, 0.05) is 36.7 Å². The average molecular weight is 316 g/mol. The molecule has 1 saturated heterocycles. The van der Waals surface area contributed by atoms with Crippen LogP contribution in [-0.4, -0.2) is 35.0 Å². The minimum atomic E-state index is 0.141. The number of aromatic hydroxyl groups is 1. The Hall–Kier alpha value is -1.55. The van der Waals surface area contributed by atoms with E-state index in [0.717, 1.165) is 44.3 Å². The van der Waals surface area contributed by atoms with Crippen LogP contribution in [0.25, 0.3) is 0 Å². The van der Waals surface area contributed by atoms with Gasteiger partial charge in [-0.05, 0) is 31.7 Å². The van der Waals surface area contributed by atoms with Crippen molar-refractivity contribution in [1.29, 1.82) is 0 Å². The lowest BCUT2D eigenvalue weighted by atomic mass is 10.0. The van der Waals surface area contributed by atoms with Crippen molar-refractivity contribution in [3.8, 4) is 5.75 Å². The molecule has 0 radical (unpaired) electrons. The highest BCUT2D eigenvalue weighted by Gasteiger charge is 2.33. The molecule has 2 N–H and O–H groups in total. The third-order valence-corrected chi connectivity index (χ3v) is 5.36. The predicted octanol–water partition coefficient (Wildman–Crippen LogP) is 3.22. The van der Waals surface area contributed by atoms with E-state index in [2.05, 4.69) is 12.2 Å². The Morgan fingerprint density at radius 1 is 1.30 bits per heavy atom. The summed E-state index contributed by atoms with van der Waals surface area (Å²) >= 11 is 0. The number of likely N-dealkylation sites (tertiary alicyclic amines) is 1. The molecule has 0 unspecified atom stereocenters. The molecule has 1 saturated carbocycles. The molecule has 1 aliphatic heterocycles. The number of rotatable bonds is 5. The lowest BCUT2D eigenvalue weighted by Gasteiger charge is -2.24. The summed E-state index contributed by atoms with van der Waals surface area (Å²) in [6, 6.07) is 8.00. The molecule has 0 aromatic heterocycles. The molecule has 1 aliphatic carbocycles. The maximum atomic E-state index is 12.5. The zero-order chi connectivity index (χ0) is 16.2. The first-order chi connectivity index (χ1) is 11.2. The molecule has 23 heavy (non-hydrogen) atoms. The van der Waals surface area contributed by atoms with Crippen LogP contribution in [0.5, 0.6) is 5.75 Å². The molecule has 1 aromatic carbocycles. The molecule has 1 heterocycles. The van der Waals surface area contributed by atoms with E-state index in [1.165, 1.54) is 12.8 Å². The number of nitrogens with one attached hydrogen (secondary N) is 1. The second-order valence-corrected chi connectivity index (χ2v) is 6.94. The van der Waals surface area contributed by atoms with Gasteiger partial charge < -0.3 is 15.3 Å². The topological polar surface area (TPSA) is 52.6 Å². The van der Waals surface area contributed by atoms with E-state index >= 15 is 0 Å². The number of amides is 1. The molecule has 1 aromatic rings. The van der Waals surface area contributed by atoms with Gasteiger partial charge in [-0.15, -0.1) is 0 Å². The molecule has 1 amide bonds. The minimum Gasteiger partial charge on any atom is -0.508 e. The molecule has 2 aliphatic rings. The van der Waals surface area contributed by atoms with Gasteiger partial charge in [-0.25, -0.2) is 0 Å². The Morgan fingerprint density at radius 2 is 2.04 bits per heavy atom. The summed E-state index contributed by atoms with van der Waals surface area (Å²) in [6.45, 7) is 3.80. The van der Waals surface area contributed by atoms with Crippen LogP contribution in [0.15, 0.2) is 24.3 Å². The number of hydrogen-bond donors (Lipinski definition) is 2. The maximum absolute atomic E-state index is 12.5. The van der Waals surface area contributed by atoms with Crippen LogP contribution >= 0.6 is 0 Å². The van der Waals surface area contributed by atoms with Crippen LogP contribution in [-0.2, 0) is 4.79 Å². The van der Waals surface area contributed by atoms with Gasteiger partial charge in [0.1, 0.15) is 5.75 Å². The van der Waals surface area contributed by atoms with Gasteiger partial charge >= 0.3 is 0 Å². The fourth-order valence-corrected chi connectivity index (χ4v) is 4.02. The van der Waals surface area contributed by atoms with E-state index in [-0.39, 0.29) is 12.0 Å². The Labute approximate surface area is 138 Å². The van der Waals surface area contributed by atoms with Crippen LogP contribution in [0.3, 0.4) is 0 Å². The van der Waals surface area contributed by atoms with E-state index in [1.54, 1.807) is 6.07 Å². The Morgan fingerprint density at radius 3 is 2.74 bits per heavy atom. The summed E-state index contributed by atoms with van der Waals surface area (Å²) in [5.74, 6) is 0.986. The van der Waals surface area contributed by atoms with Crippen LogP contribution in [0.2, 0.25) is 0 Å². The quantitative estimate of drug-likeness (QED) is 0.877. The first-order valence-corrected chi connectivity index (χ1v) is 9.01. The molecule has 0 bridgehead atoms. The molecular formula is C19H28N2O2. The van der Waals surface area contributed by atoms with Crippen molar-refractivity contribution in [3.63, 3.8) is 0 Å². The lowest BCUT2D eigenvalue weighted by molar-refractivity contribution is -0.134. The average Bonchev–Trinajstić information content (AvgIpc) is 3.24. The normalized spacial score (nSPS) is 23.3. The van der Waals surface area contributed by atoms with Crippen molar-refractivity contribution >= 4 is 5.91 Å². The smallest absolute Gasteiger partial charge is 0.225 e.